The molecule has 0 unspecified atom stereocenters. The van der Waals surface area contributed by atoms with Crippen LogP contribution in [0, 0.1) is 6.92 Å². The Morgan fingerprint density at radius 2 is 1.84 bits per heavy atom. The number of nitrogens with zero attached hydrogens (tertiary/aromatic N) is 5. The van der Waals surface area contributed by atoms with Crippen molar-refractivity contribution < 1.29 is 4.79 Å². The van der Waals surface area contributed by atoms with Crippen LogP contribution >= 0.6 is 0 Å². The molecule has 0 radical (unpaired) electrons. The molecule has 2 saturated heterocycles. The van der Waals surface area contributed by atoms with Crippen molar-refractivity contribution in [3.05, 3.63) is 53.5 Å². The normalized spacial score (nSPS) is 19.3. The summed E-state index contributed by atoms with van der Waals surface area (Å²) in [5, 5.41) is 0.776. The van der Waals surface area contributed by atoms with E-state index in [4.69, 9.17) is 10.7 Å². The molecule has 2 fully saturated rings. The summed E-state index contributed by atoms with van der Waals surface area (Å²) < 4.78 is 0. The largest absolute Gasteiger partial charge is 0.383 e. The summed E-state index contributed by atoms with van der Waals surface area (Å²) in [7, 11) is 0. The second-order valence-electron chi connectivity index (χ2n) is 8.95. The van der Waals surface area contributed by atoms with Gasteiger partial charge in [-0.2, -0.15) is 0 Å². The fourth-order valence-electron chi connectivity index (χ4n) is 4.96. The second-order valence-corrected chi connectivity index (χ2v) is 8.95. The third-order valence-electron chi connectivity index (χ3n) is 6.66. The molecular weight excluding hydrogens is 400 g/mol. The first-order chi connectivity index (χ1) is 15.6. The van der Waals surface area contributed by atoms with Crippen LogP contribution in [0.25, 0.3) is 11.0 Å². The maximum atomic E-state index is 13.4. The maximum Gasteiger partial charge on any atom is 0.253 e. The molecule has 0 saturated carbocycles. The number of anilines is 2. The smallest absolute Gasteiger partial charge is 0.253 e. The van der Waals surface area contributed by atoms with Crippen molar-refractivity contribution in [3.8, 4) is 0 Å². The van der Waals surface area contributed by atoms with Crippen LogP contribution < -0.4 is 10.6 Å². The minimum atomic E-state index is 0.108. The lowest BCUT2D eigenvalue weighted by Crippen LogP contribution is -2.39. The summed E-state index contributed by atoms with van der Waals surface area (Å²) in [6.07, 6.45) is 5.72. The van der Waals surface area contributed by atoms with Crippen LogP contribution in [-0.4, -0.2) is 51.9 Å². The van der Waals surface area contributed by atoms with E-state index in [1.165, 1.54) is 19.3 Å². The number of fused-ring (bicyclic) bond motifs is 1. The SMILES string of the molecule is Cc1nc(N)c2ccc([C@@H]3CCCN(C(=O)c4cccc(N5CCCCC5)c4)C3)nc2n1. The van der Waals surface area contributed by atoms with Gasteiger partial charge in [0.25, 0.3) is 5.91 Å². The van der Waals surface area contributed by atoms with Gasteiger partial charge in [-0.25, -0.2) is 15.0 Å². The van der Waals surface area contributed by atoms with Crippen molar-refractivity contribution in [2.75, 3.05) is 36.8 Å². The highest BCUT2D eigenvalue weighted by Crippen LogP contribution is 2.29. The molecule has 3 aromatic rings. The van der Waals surface area contributed by atoms with Gasteiger partial charge in [-0.3, -0.25) is 4.79 Å². The van der Waals surface area contributed by atoms with E-state index >= 15 is 0 Å². The molecule has 166 valence electrons. The predicted octanol–water partition coefficient (Wildman–Crippen LogP) is 3.93. The average Bonchev–Trinajstić information content (AvgIpc) is 2.84. The summed E-state index contributed by atoms with van der Waals surface area (Å²) in [6, 6.07) is 12.1. The number of pyridine rings is 1. The molecule has 2 aromatic heterocycles. The zero-order valence-electron chi connectivity index (χ0n) is 18.6. The van der Waals surface area contributed by atoms with Crippen LogP contribution in [0.3, 0.4) is 0 Å². The summed E-state index contributed by atoms with van der Waals surface area (Å²) in [5.74, 6) is 1.38. The summed E-state index contributed by atoms with van der Waals surface area (Å²) >= 11 is 0. The van der Waals surface area contributed by atoms with Crippen molar-refractivity contribution in [1.29, 1.82) is 0 Å². The molecular formula is C25H30N6O. The molecule has 7 heteroatoms. The maximum absolute atomic E-state index is 13.4. The highest BCUT2D eigenvalue weighted by atomic mass is 16.2. The van der Waals surface area contributed by atoms with E-state index < -0.39 is 0 Å². The topological polar surface area (TPSA) is 88.2 Å². The minimum Gasteiger partial charge on any atom is -0.383 e. The first-order valence-corrected chi connectivity index (χ1v) is 11.6. The Hall–Kier alpha value is -3.22. The standard InChI is InChI=1S/C25H30N6O/c1-17-27-23(26)21-10-11-22(29-24(21)28-17)19-8-6-14-31(16-19)25(32)18-7-5-9-20(15-18)30-12-3-2-4-13-30/h5,7,9-11,15,19H,2-4,6,8,12-14,16H2,1H3,(H2,26,27,28,29)/t19-/m1/s1. The molecule has 7 nitrogen and oxygen atoms in total. The van der Waals surface area contributed by atoms with Gasteiger partial charge in [-0.05, 0) is 69.4 Å². The number of carbonyl (C=O) groups is 1. The zero-order chi connectivity index (χ0) is 22.1. The quantitative estimate of drug-likeness (QED) is 0.677. The average molecular weight is 431 g/mol. The van der Waals surface area contributed by atoms with Crippen molar-refractivity contribution in [2.45, 2.75) is 44.9 Å². The van der Waals surface area contributed by atoms with Crippen LogP contribution in [-0.2, 0) is 0 Å². The summed E-state index contributed by atoms with van der Waals surface area (Å²) in [5.41, 5.74) is 9.56. The molecule has 2 aliphatic heterocycles. The highest BCUT2D eigenvalue weighted by Gasteiger charge is 2.27. The second kappa shape index (κ2) is 8.73. The van der Waals surface area contributed by atoms with Gasteiger partial charge < -0.3 is 15.5 Å². The Bertz CT molecular complexity index is 1140. The monoisotopic (exact) mass is 430 g/mol. The molecule has 0 spiro atoms. The van der Waals surface area contributed by atoms with Gasteiger partial charge in [0.1, 0.15) is 11.6 Å². The number of amides is 1. The van der Waals surface area contributed by atoms with Crippen LogP contribution in [0.2, 0.25) is 0 Å². The van der Waals surface area contributed by atoms with Crippen molar-refractivity contribution in [1.82, 2.24) is 19.9 Å². The van der Waals surface area contributed by atoms with E-state index in [-0.39, 0.29) is 11.8 Å². The molecule has 5 rings (SSSR count). The number of nitrogen functional groups attached to an aromatic ring is 1. The van der Waals surface area contributed by atoms with Gasteiger partial charge in [-0.1, -0.05) is 6.07 Å². The van der Waals surface area contributed by atoms with E-state index in [0.717, 1.165) is 54.8 Å². The Kier molecular flexibility index (Phi) is 5.64. The minimum absolute atomic E-state index is 0.108. The Labute approximate surface area is 188 Å². The van der Waals surface area contributed by atoms with Crippen LogP contribution in [0.4, 0.5) is 11.5 Å². The van der Waals surface area contributed by atoms with Gasteiger partial charge >= 0.3 is 0 Å². The molecule has 4 heterocycles. The van der Waals surface area contributed by atoms with E-state index in [9.17, 15) is 4.79 Å². The van der Waals surface area contributed by atoms with Crippen LogP contribution in [0.1, 0.15) is 59.9 Å². The number of piperidine rings is 2. The van der Waals surface area contributed by atoms with E-state index in [1.54, 1.807) is 0 Å². The number of likely N-dealkylation sites (tertiary alicyclic amines) is 1. The molecule has 2 aliphatic rings. The molecule has 1 atom stereocenters. The van der Waals surface area contributed by atoms with Crippen molar-refractivity contribution >= 4 is 28.4 Å². The fourth-order valence-corrected chi connectivity index (χ4v) is 4.96. The molecule has 1 aromatic carbocycles. The predicted molar refractivity (Wildman–Crippen MR) is 127 cm³/mol. The van der Waals surface area contributed by atoms with Gasteiger partial charge in [0.05, 0.1) is 5.39 Å². The number of rotatable bonds is 3. The van der Waals surface area contributed by atoms with Gasteiger partial charge in [-0.15, -0.1) is 0 Å². The third kappa shape index (κ3) is 4.11. The van der Waals surface area contributed by atoms with E-state index in [2.05, 4.69) is 27.0 Å². The molecule has 32 heavy (non-hydrogen) atoms. The summed E-state index contributed by atoms with van der Waals surface area (Å²) in [6.45, 7) is 5.42. The Morgan fingerprint density at radius 1 is 1.00 bits per heavy atom. The Balaban J connectivity index is 1.35. The number of hydrogen-bond acceptors (Lipinski definition) is 6. The lowest BCUT2D eigenvalue weighted by atomic mass is 9.93. The number of nitrogens with two attached hydrogens (primary N) is 1. The molecule has 1 amide bonds. The summed E-state index contributed by atoms with van der Waals surface area (Å²) in [4.78, 5) is 31.2. The van der Waals surface area contributed by atoms with Crippen molar-refractivity contribution in [3.63, 3.8) is 0 Å². The van der Waals surface area contributed by atoms with E-state index in [0.29, 0.717) is 23.8 Å². The first-order valence-electron chi connectivity index (χ1n) is 11.6. The third-order valence-corrected chi connectivity index (χ3v) is 6.66. The molecule has 0 aliphatic carbocycles. The fraction of sp³-hybridized carbons (Fsp3) is 0.440. The molecule has 2 N–H and O–H groups in total. The number of benzene rings is 1. The number of aromatic nitrogens is 3. The Morgan fingerprint density at radius 3 is 2.69 bits per heavy atom. The number of carbonyl (C=O) groups excluding carboxylic acids is 1. The lowest BCUT2D eigenvalue weighted by Gasteiger charge is -2.33. The highest BCUT2D eigenvalue weighted by molar-refractivity contribution is 5.95. The van der Waals surface area contributed by atoms with Crippen LogP contribution in [0.5, 0.6) is 0 Å². The van der Waals surface area contributed by atoms with Gasteiger partial charge in [0.15, 0.2) is 5.65 Å². The van der Waals surface area contributed by atoms with Gasteiger partial charge in [0, 0.05) is 49.0 Å². The zero-order valence-corrected chi connectivity index (χ0v) is 18.6. The molecule has 0 bridgehead atoms. The van der Waals surface area contributed by atoms with E-state index in [1.807, 2.05) is 36.1 Å². The van der Waals surface area contributed by atoms with Crippen LogP contribution in [0.15, 0.2) is 36.4 Å². The lowest BCUT2D eigenvalue weighted by molar-refractivity contribution is 0.0706. The van der Waals surface area contributed by atoms with Gasteiger partial charge in [0.2, 0.25) is 0 Å². The number of hydrogen-bond donors (Lipinski definition) is 1. The van der Waals surface area contributed by atoms with Crippen molar-refractivity contribution in [2.24, 2.45) is 0 Å². The first kappa shape index (κ1) is 20.7. The number of aryl methyl sites for hydroxylation is 1.